The molecule has 0 saturated heterocycles. The van der Waals surface area contributed by atoms with E-state index < -0.39 is 0 Å². The second kappa shape index (κ2) is 6.03. The average Bonchev–Trinajstić information content (AvgIpc) is 2.12. The van der Waals surface area contributed by atoms with Crippen molar-refractivity contribution < 1.29 is 4.74 Å². The van der Waals surface area contributed by atoms with Gasteiger partial charge >= 0.3 is 0 Å². The van der Waals surface area contributed by atoms with Crippen LogP contribution in [-0.2, 0) is 4.74 Å². The lowest BCUT2D eigenvalue weighted by molar-refractivity contribution is 0.301. The number of allylic oxidation sites excluding steroid dienone is 4. The zero-order chi connectivity index (χ0) is 10.4. The van der Waals surface area contributed by atoms with Crippen LogP contribution in [0.4, 0.5) is 0 Å². The summed E-state index contributed by atoms with van der Waals surface area (Å²) in [4.78, 5) is 0. The molecule has 0 aliphatic heterocycles. The van der Waals surface area contributed by atoms with E-state index in [1.54, 1.807) is 7.11 Å². The second-order valence-electron chi connectivity index (χ2n) is 3.00. The predicted molar refractivity (Wildman–Crippen MR) is 61.8 cm³/mol. The maximum atomic E-state index is 5.08. The molecule has 74 valence electrons. The Bertz CT molecular complexity index is 245. The third kappa shape index (κ3) is 4.32. The first-order chi connectivity index (χ1) is 6.02. The van der Waals surface area contributed by atoms with Crippen LogP contribution in [0.15, 0.2) is 34.0 Å². The molecule has 13 heavy (non-hydrogen) atoms. The topological polar surface area (TPSA) is 9.23 Å². The fourth-order valence-electron chi connectivity index (χ4n) is 0.808. The van der Waals surface area contributed by atoms with Crippen LogP contribution in [0.3, 0.4) is 0 Å². The first-order valence-electron chi connectivity index (χ1n) is 4.29. The highest BCUT2D eigenvalue weighted by atomic mass is 79.9. The number of halogens is 1. The molecule has 0 aromatic rings. The third-order valence-electron chi connectivity index (χ3n) is 1.76. The van der Waals surface area contributed by atoms with Crippen LogP contribution in [0.5, 0.6) is 0 Å². The van der Waals surface area contributed by atoms with Gasteiger partial charge in [0.05, 0.1) is 7.11 Å². The van der Waals surface area contributed by atoms with Crippen LogP contribution in [0.1, 0.15) is 27.2 Å². The molecule has 0 amide bonds. The van der Waals surface area contributed by atoms with Crippen molar-refractivity contribution in [2.45, 2.75) is 27.2 Å². The molecule has 0 unspecified atom stereocenters. The van der Waals surface area contributed by atoms with Crippen molar-refractivity contribution in [3.05, 3.63) is 34.0 Å². The summed E-state index contributed by atoms with van der Waals surface area (Å²) in [7, 11) is 1.64. The summed E-state index contributed by atoms with van der Waals surface area (Å²) in [5, 5.41) is 0. The first kappa shape index (κ1) is 12.5. The SMILES string of the molecule is C=C(OC)/C(=C\C(Br)=C(C)C)CC. The van der Waals surface area contributed by atoms with Crippen molar-refractivity contribution >= 4 is 15.9 Å². The molecule has 1 nitrogen and oxygen atoms in total. The molecular formula is C11H17BrO. The Morgan fingerprint density at radius 2 is 2.00 bits per heavy atom. The number of hydrogen-bond acceptors (Lipinski definition) is 1. The van der Waals surface area contributed by atoms with Gasteiger partial charge in [0.1, 0.15) is 5.76 Å². The molecule has 0 bridgehead atoms. The zero-order valence-electron chi connectivity index (χ0n) is 8.78. The molecule has 0 aliphatic rings. The molecular weight excluding hydrogens is 228 g/mol. The first-order valence-corrected chi connectivity index (χ1v) is 5.09. The van der Waals surface area contributed by atoms with Gasteiger partial charge in [0, 0.05) is 4.48 Å². The van der Waals surface area contributed by atoms with Gasteiger partial charge in [-0.15, -0.1) is 0 Å². The maximum absolute atomic E-state index is 5.08. The van der Waals surface area contributed by atoms with Gasteiger partial charge < -0.3 is 4.74 Å². The van der Waals surface area contributed by atoms with Crippen molar-refractivity contribution in [1.82, 2.24) is 0 Å². The fourth-order valence-corrected chi connectivity index (χ4v) is 1.08. The highest BCUT2D eigenvalue weighted by Crippen LogP contribution is 2.20. The normalized spacial score (nSPS) is 11.0. The van der Waals surface area contributed by atoms with Gasteiger partial charge in [-0.3, -0.25) is 0 Å². The van der Waals surface area contributed by atoms with Crippen LogP contribution in [0.25, 0.3) is 0 Å². The molecule has 0 N–H and O–H groups in total. The van der Waals surface area contributed by atoms with Crippen LogP contribution in [0, 0.1) is 0 Å². The van der Waals surface area contributed by atoms with Crippen molar-refractivity contribution in [3.63, 3.8) is 0 Å². The minimum Gasteiger partial charge on any atom is -0.497 e. The van der Waals surface area contributed by atoms with Crippen molar-refractivity contribution in [2.75, 3.05) is 7.11 Å². The number of ether oxygens (including phenoxy) is 1. The molecule has 0 radical (unpaired) electrons. The second-order valence-corrected chi connectivity index (χ2v) is 3.85. The van der Waals surface area contributed by atoms with E-state index in [9.17, 15) is 0 Å². The Kier molecular flexibility index (Phi) is 5.80. The Morgan fingerprint density at radius 3 is 2.31 bits per heavy atom. The minimum atomic E-state index is 0.737. The molecule has 2 heteroatoms. The number of methoxy groups -OCH3 is 1. The van der Waals surface area contributed by atoms with Gasteiger partial charge in [-0.25, -0.2) is 0 Å². The molecule has 0 aromatic heterocycles. The van der Waals surface area contributed by atoms with Crippen LogP contribution >= 0.6 is 15.9 Å². The Hall–Kier alpha value is -0.500. The number of hydrogen-bond donors (Lipinski definition) is 0. The quantitative estimate of drug-likeness (QED) is 0.533. The zero-order valence-corrected chi connectivity index (χ0v) is 10.4. The summed E-state index contributed by atoms with van der Waals surface area (Å²) in [6.07, 6.45) is 2.98. The van der Waals surface area contributed by atoms with E-state index in [-0.39, 0.29) is 0 Å². The summed E-state index contributed by atoms with van der Waals surface area (Å²) in [6, 6.07) is 0. The molecule has 0 heterocycles. The molecule has 0 atom stereocenters. The summed E-state index contributed by atoms with van der Waals surface area (Å²) in [5.41, 5.74) is 2.37. The van der Waals surface area contributed by atoms with Crippen LogP contribution in [-0.4, -0.2) is 7.11 Å². The van der Waals surface area contributed by atoms with Crippen molar-refractivity contribution in [3.8, 4) is 0 Å². The fraction of sp³-hybridized carbons (Fsp3) is 0.455. The van der Waals surface area contributed by atoms with E-state index in [0.29, 0.717) is 0 Å². The average molecular weight is 245 g/mol. The Labute approximate surface area is 89.3 Å². The van der Waals surface area contributed by atoms with Crippen LogP contribution < -0.4 is 0 Å². The smallest absolute Gasteiger partial charge is 0.114 e. The Morgan fingerprint density at radius 1 is 1.46 bits per heavy atom. The minimum absolute atomic E-state index is 0.737. The van der Waals surface area contributed by atoms with Gasteiger partial charge in [0.25, 0.3) is 0 Å². The van der Waals surface area contributed by atoms with E-state index in [4.69, 9.17) is 4.74 Å². The maximum Gasteiger partial charge on any atom is 0.114 e. The highest BCUT2D eigenvalue weighted by Gasteiger charge is 2.00. The summed E-state index contributed by atoms with van der Waals surface area (Å²) >= 11 is 3.49. The van der Waals surface area contributed by atoms with Gasteiger partial charge in [0.2, 0.25) is 0 Å². The summed E-state index contributed by atoms with van der Waals surface area (Å²) in [6.45, 7) is 10.0. The predicted octanol–water partition coefficient (Wildman–Crippen LogP) is 4.17. The summed E-state index contributed by atoms with van der Waals surface area (Å²) < 4.78 is 6.18. The van der Waals surface area contributed by atoms with Crippen molar-refractivity contribution in [1.29, 1.82) is 0 Å². The molecule has 0 spiro atoms. The highest BCUT2D eigenvalue weighted by molar-refractivity contribution is 9.11. The lowest BCUT2D eigenvalue weighted by Gasteiger charge is -2.07. The van der Waals surface area contributed by atoms with Crippen LogP contribution in [0.2, 0.25) is 0 Å². The molecule has 0 aliphatic carbocycles. The van der Waals surface area contributed by atoms with E-state index in [1.165, 1.54) is 5.57 Å². The lowest BCUT2D eigenvalue weighted by atomic mass is 10.1. The monoisotopic (exact) mass is 244 g/mol. The van der Waals surface area contributed by atoms with Gasteiger partial charge in [-0.05, 0) is 31.9 Å². The van der Waals surface area contributed by atoms with Gasteiger partial charge in [-0.2, -0.15) is 0 Å². The van der Waals surface area contributed by atoms with Gasteiger partial charge in [0.15, 0.2) is 0 Å². The van der Waals surface area contributed by atoms with E-state index in [1.807, 2.05) is 0 Å². The standard InChI is InChI=1S/C11H17BrO/c1-6-10(9(4)13-5)7-11(12)8(2)3/h7H,4,6H2,1-3,5H3/b10-7-. The number of rotatable bonds is 4. The third-order valence-corrected chi connectivity index (χ3v) is 2.79. The van der Waals surface area contributed by atoms with E-state index >= 15 is 0 Å². The largest absolute Gasteiger partial charge is 0.497 e. The molecule has 0 aromatic carbocycles. The van der Waals surface area contributed by atoms with E-state index in [0.717, 1.165) is 22.2 Å². The molecule has 0 saturated carbocycles. The van der Waals surface area contributed by atoms with Crippen molar-refractivity contribution in [2.24, 2.45) is 0 Å². The molecule has 0 rings (SSSR count). The summed E-state index contributed by atoms with van der Waals surface area (Å²) in [5.74, 6) is 0.737. The molecule has 0 fully saturated rings. The van der Waals surface area contributed by atoms with Gasteiger partial charge in [-0.1, -0.05) is 35.0 Å². The van der Waals surface area contributed by atoms with E-state index in [2.05, 4.69) is 49.4 Å². The Balaban J connectivity index is 4.78. The lowest BCUT2D eigenvalue weighted by Crippen LogP contribution is -1.90.